The Labute approximate surface area is 233 Å². The van der Waals surface area contributed by atoms with E-state index in [2.05, 4.69) is 10.3 Å². The van der Waals surface area contributed by atoms with Crippen LogP contribution in [0.3, 0.4) is 0 Å². The highest BCUT2D eigenvalue weighted by Crippen LogP contribution is 2.58. The zero-order chi connectivity index (χ0) is 29.0. The second-order valence-electron chi connectivity index (χ2n) is 12.1. The van der Waals surface area contributed by atoms with E-state index in [9.17, 15) is 29.7 Å². The number of aliphatic hydroxyl groups is 3. The van der Waals surface area contributed by atoms with Gasteiger partial charge in [0.15, 0.2) is 11.6 Å². The van der Waals surface area contributed by atoms with Crippen molar-refractivity contribution in [3.8, 4) is 0 Å². The summed E-state index contributed by atoms with van der Waals surface area (Å²) in [4.78, 5) is 44.3. The topological polar surface area (TPSA) is 140 Å². The lowest BCUT2D eigenvalue weighted by atomic mass is 9.49. The number of para-hydroxylation sites is 1. The van der Waals surface area contributed by atoms with Crippen molar-refractivity contribution in [1.29, 1.82) is 0 Å². The molecule has 2 fully saturated rings. The average molecular weight is 547 g/mol. The lowest BCUT2D eigenvalue weighted by Crippen LogP contribution is -2.67. The number of benzene rings is 1. The number of ketones is 2. The molecule has 2 aliphatic carbocycles. The Balaban J connectivity index is 1.66. The van der Waals surface area contributed by atoms with Crippen LogP contribution in [0.5, 0.6) is 0 Å². The largest absolute Gasteiger partial charge is 0.389 e. The van der Waals surface area contributed by atoms with Crippen molar-refractivity contribution >= 4 is 28.4 Å². The van der Waals surface area contributed by atoms with E-state index in [-0.39, 0.29) is 5.92 Å². The minimum Gasteiger partial charge on any atom is -0.389 e. The van der Waals surface area contributed by atoms with Gasteiger partial charge in [0.1, 0.15) is 11.5 Å². The molecule has 3 aliphatic rings. The summed E-state index contributed by atoms with van der Waals surface area (Å²) in [7, 11) is 0. The van der Waals surface area contributed by atoms with Gasteiger partial charge in [-0.2, -0.15) is 0 Å². The van der Waals surface area contributed by atoms with Crippen LogP contribution in [0.25, 0.3) is 10.9 Å². The molecular formula is C32H38N2O6. The molecule has 1 aliphatic heterocycles. The molecule has 0 unspecified atom stereocenters. The van der Waals surface area contributed by atoms with Crippen molar-refractivity contribution in [2.24, 2.45) is 29.1 Å². The van der Waals surface area contributed by atoms with E-state index >= 15 is 0 Å². The summed E-state index contributed by atoms with van der Waals surface area (Å²) < 4.78 is 0. The van der Waals surface area contributed by atoms with Crippen molar-refractivity contribution in [1.82, 2.24) is 10.3 Å². The number of H-pyrrole nitrogens is 1. The van der Waals surface area contributed by atoms with Crippen LogP contribution in [-0.2, 0) is 20.8 Å². The zero-order valence-corrected chi connectivity index (χ0v) is 23.3. The number of aromatic nitrogens is 1. The molecule has 8 nitrogen and oxygen atoms in total. The summed E-state index contributed by atoms with van der Waals surface area (Å²) in [5, 5.41) is 37.8. The molecule has 1 saturated heterocycles. The first kappa shape index (κ1) is 28.2. The smallest absolute Gasteiger partial charge is 0.235 e. The van der Waals surface area contributed by atoms with Gasteiger partial charge in [-0.15, -0.1) is 0 Å². The molecule has 5 N–H and O–H groups in total. The van der Waals surface area contributed by atoms with Crippen LogP contribution in [0, 0.1) is 29.1 Å². The summed E-state index contributed by atoms with van der Waals surface area (Å²) in [6, 6.07) is 7.30. The van der Waals surface area contributed by atoms with Crippen molar-refractivity contribution in [3.63, 3.8) is 0 Å². The standard InChI is InChI=1S/C32H38N2O6/c1-17-8-7-10-22-29(38)31(4,40)19(3)27-24(15-20-16-33-23-11-6-5-9-21(20)23)34-30(39)32(22,27)26(36)13-12-25(35)28(37)18(2)14-17/h5-7,9-14,16-17,19,22,24,27-29,33,37-38,40H,8,15H2,1-4H3,(H,34,39)/b10-7+,13-12+,18-14+/t17-,19-,22-,24-,27-,28+,29-,31+,32+/m0/s1. The van der Waals surface area contributed by atoms with Crippen LogP contribution >= 0.6 is 0 Å². The second kappa shape index (κ2) is 10.3. The summed E-state index contributed by atoms with van der Waals surface area (Å²) in [6.45, 7) is 6.91. The van der Waals surface area contributed by atoms with Gasteiger partial charge >= 0.3 is 0 Å². The molecule has 0 bridgehead atoms. The maximum absolute atomic E-state index is 14.2. The Morgan fingerprint density at radius 3 is 2.55 bits per heavy atom. The fourth-order valence-electron chi connectivity index (χ4n) is 7.28. The number of carbonyl (C=O) groups is 3. The number of amides is 1. The van der Waals surface area contributed by atoms with Gasteiger partial charge < -0.3 is 25.6 Å². The van der Waals surface area contributed by atoms with Crippen molar-refractivity contribution < 1.29 is 29.7 Å². The van der Waals surface area contributed by atoms with E-state index in [4.69, 9.17) is 0 Å². The number of allylic oxidation sites excluding steroid dienone is 3. The quantitative estimate of drug-likeness (QED) is 0.290. The highest BCUT2D eigenvalue weighted by molar-refractivity contribution is 6.15. The first-order valence-electron chi connectivity index (χ1n) is 14.0. The average Bonchev–Trinajstić information content (AvgIpc) is 3.45. The molecule has 212 valence electrons. The Morgan fingerprint density at radius 2 is 1.80 bits per heavy atom. The van der Waals surface area contributed by atoms with Gasteiger partial charge in [0.05, 0.1) is 11.7 Å². The number of nitrogens with one attached hydrogen (secondary N) is 2. The molecule has 1 spiro atoms. The number of aliphatic hydroxyl groups excluding tert-OH is 2. The van der Waals surface area contributed by atoms with E-state index < -0.39 is 64.5 Å². The third kappa shape index (κ3) is 4.29. The fraction of sp³-hybridized carbons (Fsp3) is 0.469. The monoisotopic (exact) mass is 546 g/mol. The molecule has 1 saturated carbocycles. The maximum atomic E-state index is 14.2. The van der Waals surface area contributed by atoms with Crippen LogP contribution in [-0.4, -0.2) is 61.6 Å². The van der Waals surface area contributed by atoms with Crippen LogP contribution in [0.4, 0.5) is 0 Å². The van der Waals surface area contributed by atoms with Gasteiger partial charge in [-0.1, -0.05) is 50.3 Å². The normalized spacial score (nSPS) is 41.5. The van der Waals surface area contributed by atoms with Gasteiger partial charge in [-0.05, 0) is 67.9 Å². The molecule has 9 atom stereocenters. The van der Waals surface area contributed by atoms with Gasteiger partial charge in [-0.25, -0.2) is 0 Å². The van der Waals surface area contributed by atoms with Crippen molar-refractivity contribution in [2.75, 3.05) is 0 Å². The van der Waals surface area contributed by atoms with Gasteiger partial charge in [-0.3, -0.25) is 14.4 Å². The molecule has 0 radical (unpaired) electrons. The number of aromatic amines is 1. The highest BCUT2D eigenvalue weighted by atomic mass is 16.3. The zero-order valence-electron chi connectivity index (χ0n) is 23.3. The van der Waals surface area contributed by atoms with Crippen LogP contribution in [0.1, 0.15) is 39.7 Å². The number of hydrogen-bond donors (Lipinski definition) is 5. The maximum Gasteiger partial charge on any atom is 0.235 e. The molecule has 2 aromatic rings. The molecule has 40 heavy (non-hydrogen) atoms. The van der Waals surface area contributed by atoms with Crippen LogP contribution < -0.4 is 5.32 Å². The molecule has 5 rings (SSSR count). The summed E-state index contributed by atoms with van der Waals surface area (Å²) >= 11 is 0. The summed E-state index contributed by atoms with van der Waals surface area (Å²) in [6.07, 6.45) is 7.38. The predicted molar refractivity (Wildman–Crippen MR) is 151 cm³/mol. The summed E-state index contributed by atoms with van der Waals surface area (Å²) in [5.74, 6) is -4.25. The Bertz CT molecular complexity index is 1430. The number of rotatable bonds is 2. The predicted octanol–water partition coefficient (Wildman–Crippen LogP) is 2.79. The SMILES string of the molecule is C/C1=C\[C@@H](C)C/C=C/[C@H]2[C@H](O)[C@](C)(O)[C@@H](C)[C@H]3[C@H](Cc4c[nH]c5ccccc45)NC(=O)[C@]32C(=O)/C=C/C(=O)[C@@H]1O. The number of fused-ring (bicyclic) bond motifs is 1. The van der Waals surface area contributed by atoms with Crippen LogP contribution in [0.15, 0.2) is 66.4 Å². The molecule has 8 heteroatoms. The first-order valence-corrected chi connectivity index (χ1v) is 14.0. The van der Waals surface area contributed by atoms with E-state index in [1.54, 1.807) is 32.9 Å². The number of carbonyl (C=O) groups excluding carboxylic acids is 3. The third-order valence-electron chi connectivity index (χ3n) is 9.60. The van der Waals surface area contributed by atoms with Crippen LogP contribution in [0.2, 0.25) is 0 Å². The third-order valence-corrected chi connectivity index (χ3v) is 9.60. The lowest BCUT2D eigenvalue weighted by Gasteiger charge is -2.54. The van der Waals surface area contributed by atoms with E-state index in [0.717, 1.165) is 28.6 Å². The van der Waals surface area contributed by atoms with Gasteiger partial charge in [0, 0.05) is 35.0 Å². The Morgan fingerprint density at radius 1 is 1.07 bits per heavy atom. The van der Waals surface area contributed by atoms with Gasteiger partial charge in [0.2, 0.25) is 5.91 Å². The van der Waals surface area contributed by atoms with Gasteiger partial charge in [0.25, 0.3) is 0 Å². The Hall–Kier alpha value is -3.33. The van der Waals surface area contributed by atoms with Crippen molar-refractivity contribution in [2.45, 2.75) is 64.4 Å². The molecule has 1 amide bonds. The molecule has 2 heterocycles. The fourth-order valence-corrected chi connectivity index (χ4v) is 7.28. The minimum absolute atomic E-state index is 0.0573. The van der Waals surface area contributed by atoms with E-state index in [1.165, 1.54) is 0 Å². The minimum atomic E-state index is -1.75. The second-order valence-corrected chi connectivity index (χ2v) is 12.1. The number of hydrogen-bond acceptors (Lipinski definition) is 6. The molecule has 1 aromatic heterocycles. The molecule has 1 aromatic carbocycles. The van der Waals surface area contributed by atoms with E-state index in [1.807, 2.05) is 43.5 Å². The Kier molecular flexibility index (Phi) is 7.23. The van der Waals surface area contributed by atoms with E-state index in [0.29, 0.717) is 18.4 Å². The van der Waals surface area contributed by atoms with Crippen molar-refractivity contribution in [3.05, 3.63) is 72.0 Å². The lowest BCUT2D eigenvalue weighted by molar-refractivity contribution is -0.197. The molecular weight excluding hydrogens is 508 g/mol. The highest BCUT2D eigenvalue weighted by Gasteiger charge is 2.71. The first-order chi connectivity index (χ1) is 18.9. The summed E-state index contributed by atoms with van der Waals surface area (Å²) in [5.41, 5.74) is -0.961.